The molecule has 0 saturated heterocycles. The molecule has 1 rings (SSSR count). The van der Waals surface area contributed by atoms with E-state index < -0.39 is 5.97 Å². The number of nitrogens with one attached hydrogen (secondary N) is 2. The zero-order valence-corrected chi connectivity index (χ0v) is 11.1. The summed E-state index contributed by atoms with van der Waals surface area (Å²) in [7, 11) is 0. The molecule has 1 aromatic heterocycles. The fourth-order valence-electron chi connectivity index (χ4n) is 1.61. The first kappa shape index (κ1) is 14.9. The van der Waals surface area contributed by atoms with E-state index >= 15 is 0 Å². The molecule has 1 heterocycles. The van der Waals surface area contributed by atoms with E-state index in [4.69, 9.17) is 5.11 Å². The molecule has 0 radical (unpaired) electrons. The highest BCUT2D eigenvalue weighted by atomic mass is 16.4. The normalized spacial score (nSPS) is 11.7. The van der Waals surface area contributed by atoms with Crippen LogP contribution in [0.3, 0.4) is 0 Å². The van der Waals surface area contributed by atoms with Crippen molar-refractivity contribution in [2.45, 2.75) is 39.3 Å². The molecule has 0 aliphatic heterocycles. The van der Waals surface area contributed by atoms with Gasteiger partial charge in [-0.25, -0.2) is 4.79 Å². The fourth-order valence-corrected chi connectivity index (χ4v) is 1.61. The predicted octanol–water partition coefficient (Wildman–Crippen LogP) is 1.44. The van der Waals surface area contributed by atoms with E-state index in [0.29, 0.717) is 13.0 Å². The molecule has 104 valence electrons. The topological polar surface area (TPSA) is 91.3 Å². The highest BCUT2D eigenvalue weighted by molar-refractivity contribution is 5.75. The Kier molecular flexibility index (Phi) is 5.78. The summed E-state index contributed by atoms with van der Waals surface area (Å²) in [6.07, 6.45) is 0.495. The number of aliphatic carboxylic acids is 1. The Bertz CT molecular complexity index is 449. The van der Waals surface area contributed by atoms with Crippen molar-refractivity contribution in [2.24, 2.45) is 0 Å². The molecule has 0 aliphatic carbocycles. The summed E-state index contributed by atoms with van der Waals surface area (Å²) in [4.78, 5) is 26.5. The maximum atomic E-state index is 11.6. The lowest BCUT2D eigenvalue weighted by atomic mass is 10.1. The smallest absolute Gasteiger partial charge is 0.315 e. The van der Waals surface area contributed by atoms with Gasteiger partial charge in [-0.3, -0.25) is 9.78 Å². The molecule has 6 nitrogen and oxygen atoms in total. The molecule has 0 spiro atoms. The standard InChI is InChI=1S/C13H19N3O3/c1-3-10(7-12(17)18)16-13(19)14-8-11-6-4-5-9(2)15-11/h4-6,10H,3,7-8H2,1-2H3,(H,17,18)(H2,14,16,19). The second kappa shape index (κ2) is 7.35. The van der Waals surface area contributed by atoms with E-state index in [0.717, 1.165) is 11.4 Å². The molecule has 0 bridgehead atoms. The number of hydrogen-bond donors (Lipinski definition) is 3. The summed E-state index contributed by atoms with van der Waals surface area (Å²) >= 11 is 0. The van der Waals surface area contributed by atoms with E-state index in [2.05, 4.69) is 15.6 Å². The number of aryl methyl sites for hydroxylation is 1. The van der Waals surface area contributed by atoms with Crippen LogP contribution in [-0.2, 0) is 11.3 Å². The van der Waals surface area contributed by atoms with Crippen molar-refractivity contribution in [1.29, 1.82) is 0 Å². The Balaban J connectivity index is 2.40. The first-order chi connectivity index (χ1) is 9.01. The van der Waals surface area contributed by atoms with E-state index in [9.17, 15) is 9.59 Å². The summed E-state index contributed by atoms with van der Waals surface area (Å²) in [6, 6.07) is 4.83. The number of urea groups is 1. The highest BCUT2D eigenvalue weighted by Gasteiger charge is 2.13. The van der Waals surface area contributed by atoms with Crippen molar-refractivity contribution >= 4 is 12.0 Å². The molecule has 6 heteroatoms. The van der Waals surface area contributed by atoms with Crippen molar-refractivity contribution in [3.63, 3.8) is 0 Å². The summed E-state index contributed by atoms with van der Waals surface area (Å²) < 4.78 is 0. The van der Waals surface area contributed by atoms with Crippen molar-refractivity contribution in [3.8, 4) is 0 Å². The minimum absolute atomic E-state index is 0.0768. The van der Waals surface area contributed by atoms with Gasteiger partial charge in [0.05, 0.1) is 18.7 Å². The SMILES string of the molecule is CCC(CC(=O)O)NC(=O)NCc1cccc(C)n1. The van der Waals surface area contributed by atoms with Crippen molar-refractivity contribution in [3.05, 3.63) is 29.6 Å². The second-order valence-corrected chi connectivity index (χ2v) is 4.30. The third kappa shape index (κ3) is 5.85. The number of nitrogens with zero attached hydrogens (tertiary/aromatic N) is 1. The molecular weight excluding hydrogens is 246 g/mol. The number of aromatic nitrogens is 1. The van der Waals surface area contributed by atoms with Crippen LogP contribution in [0, 0.1) is 6.92 Å². The lowest BCUT2D eigenvalue weighted by molar-refractivity contribution is -0.137. The van der Waals surface area contributed by atoms with Gasteiger partial charge < -0.3 is 15.7 Å². The molecule has 3 N–H and O–H groups in total. The Morgan fingerprint density at radius 1 is 1.42 bits per heavy atom. The molecule has 0 aliphatic rings. The number of pyridine rings is 1. The molecular formula is C13H19N3O3. The van der Waals surface area contributed by atoms with Crippen LogP contribution in [0.25, 0.3) is 0 Å². The minimum atomic E-state index is -0.924. The van der Waals surface area contributed by atoms with Gasteiger partial charge in [0.1, 0.15) is 0 Å². The van der Waals surface area contributed by atoms with Crippen LogP contribution >= 0.6 is 0 Å². The van der Waals surface area contributed by atoms with Gasteiger partial charge in [0, 0.05) is 11.7 Å². The molecule has 1 aromatic rings. The van der Waals surface area contributed by atoms with Crippen LogP contribution in [0.4, 0.5) is 4.79 Å². The van der Waals surface area contributed by atoms with Crippen LogP contribution in [0.1, 0.15) is 31.2 Å². The maximum Gasteiger partial charge on any atom is 0.315 e. The first-order valence-corrected chi connectivity index (χ1v) is 6.20. The molecule has 1 unspecified atom stereocenters. The highest BCUT2D eigenvalue weighted by Crippen LogP contribution is 1.99. The number of amides is 2. The van der Waals surface area contributed by atoms with Gasteiger partial charge >= 0.3 is 12.0 Å². The van der Waals surface area contributed by atoms with Crippen molar-refractivity contribution in [1.82, 2.24) is 15.6 Å². The van der Waals surface area contributed by atoms with Gasteiger partial charge in [0.2, 0.25) is 0 Å². The monoisotopic (exact) mass is 265 g/mol. The van der Waals surface area contributed by atoms with Crippen molar-refractivity contribution < 1.29 is 14.7 Å². The number of rotatable bonds is 6. The minimum Gasteiger partial charge on any atom is -0.481 e. The van der Waals surface area contributed by atoms with Gasteiger partial charge in [-0.2, -0.15) is 0 Å². The lowest BCUT2D eigenvalue weighted by Gasteiger charge is -2.15. The summed E-state index contributed by atoms with van der Waals surface area (Å²) in [5.41, 5.74) is 1.65. The number of hydrogen-bond acceptors (Lipinski definition) is 3. The van der Waals surface area contributed by atoms with E-state index in [1.807, 2.05) is 32.0 Å². The molecule has 0 fully saturated rings. The van der Waals surface area contributed by atoms with Gasteiger partial charge in [0.15, 0.2) is 0 Å². The zero-order chi connectivity index (χ0) is 14.3. The summed E-state index contributed by atoms with van der Waals surface area (Å²) in [5.74, 6) is -0.924. The Morgan fingerprint density at radius 2 is 2.16 bits per heavy atom. The van der Waals surface area contributed by atoms with E-state index in [1.165, 1.54) is 0 Å². The van der Waals surface area contributed by atoms with Crippen LogP contribution in [0.2, 0.25) is 0 Å². The van der Waals surface area contributed by atoms with Gasteiger partial charge in [0.25, 0.3) is 0 Å². The fraction of sp³-hybridized carbons (Fsp3) is 0.462. The Labute approximate surface area is 112 Å². The third-order valence-corrected chi connectivity index (χ3v) is 2.63. The molecule has 2 amide bonds. The van der Waals surface area contributed by atoms with E-state index in [1.54, 1.807) is 0 Å². The predicted molar refractivity (Wildman–Crippen MR) is 70.7 cm³/mol. The second-order valence-electron chi connectivity index (χ2n) is 4.30. The maximum absolute atomic E-state index is 11.6. The molecule has 1 atom stereocenters. The van der Waals surface area contributed by atoms with Crippen LogP contribution in [-0.4, -0.2) is 28.1 Å². The third-order valence-electron chi connectivity index (χ3n) is 2.63. The largest absolute Gasteiger partial charge is 0.481 e. The number of carbonyl (C=O) groups excluding carboxylic acids is 1. The number of carboxylic acid groups (broad SMARTS) is 1. The Hall–Kier alpha value is -2.11. The number of carboxylic acids is 1. The molecule has 0 aromatic carbocycles. The Morgan fingerprint density at radius 3 is 2.74 bits per heavy atom. The quantitative estimate of drug-likeness (QED) is 0.726. The first-order valence-electron chi connectivity index (χ1n) is 6.20. The average molecular weight is 265 g/mol. The molecule has 0 saturated carbocycles. The van der Waals surface area contributed by atoms with Crippen LogP contribution in [0.15, 0.2) is 18.2 Å². The number of carbonyl (C=O) groups is 2. The van der Waals surface area contributed by atoms with Crippen molar-refractivity contribution in [2.75, 3.05) is 0 Å². The van der Waals surface area contributed by atoms with Gasteiger partial charge in [-0.15, -0.1) is 0 Å². The zero-order valence-electron chi connectivity index (χ0n) is 11.1. The molecule has 19 heavy (non-hydrogen) atoms. The summed E-state index contributed by atoms with van der Waals surface area (Å²) in [6.45, 7) is 4.02. The van der Waals surface area contributed by atoms with Gasteiger partial charge in [-0.05, 0) is 25.5 Å². The summed E-state index contributed by atoms with van der Waals surface area (Å²) in [5, 5.41) is 14.0. The van der Waals surface area contributed by atoms with E-state index in [-0.39, 0.29) is 18.5 Å². The average Bonchev–Trinajstić information content (AvgIpc) is 2.35. The lowest BCUT2D eigenvalue weighted by Crippen LogP contribution is -2.42. The van der Waals surface area contributed by atoms with Gasteiger partial charge in [-0.1, -0.05) is 13.0 Å². The van der Waals surface area contributed by atoms with Crippen LogP contribution < -0.4 is 10.6 Å². The van der Waals surface area contributed by atoms with Crippen LogP contribution in [0.5, 0.6) is 0 Å².